The maximum absolute atomic E-state index is 14.9. The maximum Gasteiger partial charge on any atom is 1.00 e. The van der Waals surface area contributed by atoms with Crippen LogP contribution in [0.15, 0.2) is 185 Å². The van der Waals surface area contributed by atoms with Gasteiger partial charge in [-0.3, -0.25) is 43.9 Å². The van der Waals surface area contributed by atoms with Gasteiger partial charge in [0.15, 0.2) is 23.1 Å². The van der Waals surface area contributed by atoms with Crippen LogP contribution in [0.1, 0.15) is 121 Å². The van der Waals surface area contributed by atoms with Gasteiger partial charge in [0.1, 0.15) is 30.4 Å². The van der Waals surface area contributed by atoms with Gasteiger partial charge in [-0.1, -0.05) is 72.8 Å². The molecular weight excluding hydrogens is 1890 g/mol. The standard InChI is InChI=1S/C79H68N16O24S6.6Na/c1-94-54-27-25-48(62-64(54)60(44-13-3-5-15-46(44)70(62)98)66(72(94)100)68(96)38-9-7-11-42(30-38)120-117-114-102)84-50-32-53(59(125(111,112)113)34-56(50)121-118-115-103)87-79-91-75(81)89-77(93-79)83-41-23-19-37(20-24-41)29-36-17-21-40(22-18-36)82-76-88-74(80)90-78(92-76)86-51-33-52(58(124(108,109)110)35-57(51)122-119-116-104)85-49-26-28-55-65-61(45-14-4-6-16-47(45)71(99)63(49)65)67(73(101)95(55)2)69(97)39-10-8-12-43(31-39)123(105,106)107;;;;;;/h3-16,25-28,30-37,40-41,84-85,102-104H,17-24,29H2,1-2H3,(H,105,106,107)(H,108,109,110)(H,111,112,113)(H4,80,82,86,88,90,92)(H4,81,83,87,89,91,93);;;;;;/q;6*+1/p-6. The Hall–Kier alpha value is -6.30. The maximum atomic E-state index is 14.9. The van der Waals surface area contributed by atoms with Gasteiger partial charge in [-0.15, -0.1) is 0 Å². The number of rotatable bonds is 30. The van der Waals surface area contributed by atoms with Crippen molar-refractivity contribution in [1.29, 1.82) is 0 Å². The number of hydrogen-bond donors (Lipinski definition) is 8. The van der Waals surface area contributed by atoms with Crippen LogP contribution < -0.4 is 248 Å². The van der Waals surface area contributed by atoms with Gasteiger partial charge in [0.25, 0.3) is 11.1 Å². The van der Waals surface area contributed by atoms with Crippen LogP contribution in [0.3, 0.4) is 0 Å². The Bertz CT molecular complexity index is 7030. The van der Waals surface area contributed by atoms with E-state index in [1.54, 1.807) is 24.3 Å². The van der Waals surface area contributed by atoms with Gasteiger partial charge >= 0.3 is 177 Å². The van der Waals surface area contributed by atoms with Crippen molar-refractivity contribution in [3.63, 3.8) is 0 Å². The number of pyridine rings is 2. The van der Waals surface area contributed by atoms with E-state index in [4.69, 9.17) is 11.5 Å². The van der Waals surface area contributed by atoms with Gasteiger partial charge in [0.05, 0.1) is 128 Å². The minimum Gasteiger partial charge on any atom is -0.744 e. The summed E-state index contributed by atoms with van der Waals surface area (Å²) < 4.78 is 132. The molecule has 4 aliphatic carbocycles. The number of benzene rings is 8. The molecule has 8 aromatic carbocycles. The van der Waals surface area contributed by atoms with Crippen LogP contribution >= 0.6 is 36.1 Å². The van der Waals surface area contributed by atoms with E-state index in [1.165, 1.54) is 97.5 Å². The average molecular weight is 1950 g/mol. The fourth-order valence-corrected chi connectivity index (χ4v) is 19.7. The van der Waals surface area contributed by atoms with Crippen LogP contribution in [0.25, 0.3) is 44.1 Å². The molecule has 644 valence electrons. The van der Waals surface area contributed by atoms with Gasteiger partial charge in [-0.25, -0.2) is 25.3 Å². The Kier molecular flexibility index (Phi) is 36.6. The number of aromatic nitrogens is 8. The number of ketones is 4. The van der Waals surface area contributed by atoms with Crippen molar-refractivity contribution in [3.8, 4) is 22.3 Å². The molecule has 4 aliphatic rings. The summed E-state index contributed by atoms with van der Waals surface area (Å²) in [4.78, 5) is 111. The first-order valence-electron chi connectivity index (χ1n) is 37.6. The number of anilines is 12. The summed E-state index contributed by atoms with van der Waals surface area (Å²) in [5.74, 6) is -3.37. The summed E-state index contributed by atoms with van der Waals surface area (Å²) in [5, 5.41) is 62.5. The first-order chi connectivity index (χ1) is 59.8. The quantitative estimate of drug-likeness (QED) is 0.00517. The number of nitrogen functional groups attached to an aromatic ring is 2. The molecule has 12 aromatic rings. The molecule has 2 fully saturated rings. The zero-order chi connectivity index (χ0) is 88.2. The normalized spacial score (nSPS) is 15.4. The van der Waals surface area contributed by atoms with E-state index in [9.17, 15) is 83.5 Å². The van der Waals surface area contributed by atoms with E-state index in [-0.39, 0.29) is 370 Å². The third-order valence-corrected chi connectivity index (χ3v) is 26.4. The largest absolute Gasteiger partial charge is 1.00 e. The molecule has 0 amide bonds. The molecule has 40 nitrogen and oxygen atoms in total. The van der Waals surface area contributed by atoms with Crippen LogP contribution in [0.2, 0.25) is 0 Å². The van der Waals surface area contributed by atoms with Crippen LogP contribution in [0, 0.1) is 11.8 Å². The summed E-state index contributed by atoms with van der Waals surface area (Å²) in [6.07, 6.45) is 6.91. The molecule has 2 saturated carbocycles. The third-order valence-electron chi connectivity index (χ3n) is 21.9. The van der Waals surface area contributed by atoms with Gasteiger partial charge in [-0.2, -0.15) is 42.9 Å². The summed E-state index contributed by atoms with van der Waals surface area (Å²) >= 11 is 0.936. The number of carbonyl (C=O) groups excluding carboxylic acids is 4. The first-order valence-corrected chi connectivity index (χ1v) is 44.0. The van der Waals surface area contributed by atoms with Crippen molar-refractivity contribution in [2.75, 3.05) is 43.4 Å². The molecule has 0 unspecified atom stereocenters. The minimum atomic E-state index is -5.48. The topological polar surface area (TPSA) is 610 Å². The second-order valence-corrected chi connectivity index (χ2v) is 35.6. The molecular formula is C79H62N16Na6O24S6. The molecule has 4 heterocycles. The third kappa shape index (κ3) is 22.8. The van der Waals surface area contributed by atoms with Gasteiger partial charge < -0.3 is 81.9 Å². The fourth-order valence-electron chi connectivity index (χ4n) is 16.4. The van der Waals surface area contributed by atoms with E-state index >= 15 is 0 Å². The summed E-state index contributed by atoms with van der Waals surface area (Å²) in [6, 6.07) is 31.8. The zero-order valence-corrected chi connectivity index (χ0v) is 87.4. The first kappa shape index (κ1) is 107. The average Bonchev–Trinajstić information content (AvgIpc) is 0.708. The molecule has 0 saturated heterocycles. The van der Waals surface area contributed by atoms with Crippen molar-refractivity contribution in [1.82, 2.24) is 39.0 Å². The number of aryl methyl sites for hydroxylation is 2. The molecule has 0 aliphatic heterocycles. The Morgan fingerprint density at radius 1 is 0.420 bits per heavy atom. The van der Waals surface area contributed by atoms with Crippen LogP contribution in [-0.4, -0.2) is 113 Å². The molecule has 0 bridgehead atoms. The molecule has 131 heavy (non-hydrogen) atoms. The van der Waals surface area contributed by atoms with Crippen LogP contribution in [0.5, 0.6) is 0 Å². The summed E-state index contributed by atoms with van der Waals surface area (Å²) in [6.45, 7) is 0. The molecule has 16 rings (SSSR count). The molecule has 4 aromatic heterocycles. The molecule has 52 heteroatoms. The van der Waals surface area contributed by atoms with E-state index in [0.717, 1.165) is 79.1 Å². The predicted octanol–water partition coefficient (Wildman–Crippen LogP) is -9.76. The Morgan fingerprint density at radius 3 is 1.23 bits per heavy atom. The Balaban J connectivity index is 0.00000297. The van der Waals surface area contributed by atoms with Crippen LogP contribution in [0.4, 0.5) is 69.8 Å². The van der Waals surface area contributed by atoms with Crippen molar-refractivity contribution in [2.24, 2.45) is 25.9 Å². The molecule has 0 radical (unpaired) electrons. The van der Waals surface area contributed by atoms with Crippen molar-refractivity contribution < 1.29 is 279 Å². The molecule has 10 N–H and O–H groups in total. The van der Waals surface area contributed by atoms with Crippen molar-refractivity contribution in [3.05, 3.63) is 211 Å². The van der Waals surface area contributed by atoms with E-state index in [2.05, 4.69) is 89.9 Å². The Morgan fingerprint density at radius 2 is 0.802 bits per heavy atom. The van der Waals surface area contributed by atoms with Gasteiger partial charge in [-0.05, 0) is 154 Å². The molecule has 0 spiro atoms. The van der Waals surface area contributed by atoms with Crippen molar-refractivity contribution in [2.45, 2.75) is 99.2 Å². The van der Waals surface area contributed by atoms with Crippen LogP contribution in [-0.2, 0) is 72.6 Å². The minimum absolute atomic E-state index is 0. The SMILES string of the molecule is Cn1c(=O)c(C(=O)c2cccc(SOO[O-])c2)c2c3c(c(Nc4cc(Nc5nc(N)nc(NC6CCC(CC7CCC(Nc8nc(N)nc(Nc9cc(Nc%10ccc%11c%12c%10C(=O)c%10ccccc%10-c%12c(C(=O)c%10cccc(S(=O)(=O)[O-])c%10)c(=O)n%11C)c(S(=O)(=O)[O-])cc9SOO[O-])n8)CC7)CC6)n5)c(S(=O)(=O)[O-])cc4SOO[O-])ccc31)C(=O)c1ccccc1-2.[Na+].[Na+].[Na+].[Na+].[Na+].[Na+]. The monoisotopic (exact) mass is 1950 g/mol. The smallest absolute Gasteiger partial charge is 0.744 e. The number of nitrogens with two attached hydrogens (primary N) is 2. The fraction of sp³-hybridized carbons (Fsp3) is 0.190. The molecule has 0 atom stereocenters. The van der Waals surface area contributed by atoms with Gasteiger partial charge in [0.2, 0.25) is 35.7 Å². The number of fused-ring (bicyclic) bond motifs is 4. The second kappa shape index (κ2) is 44.9. The van der Waals surface area contributed by atoms with Gasteiger partial charge in [0, 0.05) is 75.2 Å². The predicted molar refractivity (Wildman–Crippen MR) is 442 cm³/mol. The summed E-state index contributed by atoms with van der Waals surface area (Å²) in [7, 11) is -13.2. The number of hydrogen-bond acceptors (Lipinski definition) is 41. The zero-order valence-electron chi connectivity index (χ0n) is 70.5. The van der Waals surface area contributed by atoms with E-state index < -0.39 is 96.2 Å². The number of nitrogens with one attached hydrogen (secondary N) is 6. The van der Waals surface area contributed by atoms with E-state index in [1.807, 2.05) is 0 Å². The number of carbonyl (C=O) groups is 4. The number of nitrogens with zero attached hydrogens (tertiary/aromatic N) is 8. The second-order valence-electron chi connectivity index (χ2n) is 29.3. The van der Waals surface area contributed by atoms with Crippen molar-refractivity contribution >= 4 is 181 Å². The van der Waals surface area contributed by atoms with E-state index in [0.29, 0.717) is 49.6 Å². The Labute approximate surface area is 889 Å². The summed E-state index contributed by atoms with van der Waals surface area (Å²) in [5.41, 5.74) is 9.25.